The Morgan fingerprint density at radius 3 is 2.40 bits per heavy atom. The predicted octanol–water partition coefficient (Wildman–Crippen LogP) is 0.154. The van der Waals surface area contributed by atoms with Crippen molar-refractivity contribution in [2.45, 2.75) is 13.3 Å². The van der Waals surface area contributed by atoms with Gasteiger partial charge in [0, 0.05) is 6.42 Å². The fourth-order valence-electron chi connectivity index (χ4n) is 0.399. The van der Waals surface area contributed by atoms with Crippen molar-refractivity contribution >= 4 is 24.7 Å². The molecule has 0 spiro atoms. The van der Waals surface area contributed by atoms with Crippen LogP contribution in [-0.4, -0.2) is 27.8 Å². The standard InChI is InChI=1S/C5H9NO3S/c1-2-4(7)6(10)3-5(8)9/h10H,2-3H2,1H3,(H,8,9). The number of amides is 1. The van der Waals surface area contributed by atoms with Crippen LogP contribution in [0.4, 0.5) is 0 Å². The predicted molar refractivity (Wildman–Crippen MR) is 38.6 cm³/mol. The van der Waals surface area contributed by atoms with Crippen molar-refractivity contribution in [2.24, 2.45) is 0 Å². The van der Waals surface area contributed by atoms with E-state index in [4.69, 9.17) is 5.11 Å². The fourth-order valence-corrected chi connectivity index (χ4v) is 0.661. The van der Waals surface area contributed by atoms with E-state index >= 15 is 0 Å². The molecule has 0 unspecified atom stereocenters. The molecule has 0 heterocycles. The smallest absolute Gasteiger partial charge is 0.324 e. The SMILES string of the molecule is CCC(=O)N(S)CC(=O)O. The quantitative estimate of drug-likeness (QED) is 0.582. The third-order valence-corrected chi connectivity index (χ3v) is 1.24. The lowest BCUT2D eigenvalue weighted by molar-refractivity contribution is -0.140. The summed E-state index contributed by atoms with van der Waals surface area (Å²) in [6, 6.07) is 0. The first-order valence-corrected chi connectivity index (χ1v) is 3.19. The van der Waals surface area contributed by atoms with Crippen molar-refractivity contribution in [3.05, 3.63) is 0 Å². The number of carbonyl (C=O) groups excluding carboxylic acids is 1. The van der Waals surface area contributed by atoms with Gasteiger partial charge in [-0.05, 0) is 0 Å². The zero-order valence-corrected chi connectivity index (χ0v) is 6.47. The molecule has 0 aromatic heterocycles. The van der Waals surface area contributed by atoms with E-state index < -0.39 is 5.97 Å². The third-order valence-electron chi connectivity index (χ3n) is 0.875. The zero-order valence-electron chi connectivity index (χ0n) is 5.57. The Bertz CT molecular complexity index is 148. The van der Waals surface area contributed by atoms with Crippen LogP contribution in [0.1, 0.15) is 13.3 Å². The molecule has 0 aliphatic rings. The van der Waals surface area contributed by atoms with Gasteiger partial charge in [0.15, 0.2) is 0 Å². The first kappa shape index (κ1) is 9.29. The Morgan fingerprint density at radius 2 is 2.10 bits per heavy atom. The molecule has 10 heavy (non-hydrogen) atoms. The summed E-state index contributed by atoms with van der Waals surface area (Å²) in [6.07, 6.45) is 0.275. The van der Waals surface area contributed by atoms with E-state index in [2.05, 4.69) is 12.8 Å². The topological polar surface area (TPSA) is 57.6 Å². The summed E-state index contributed by atoms with van der Waals surface area (Å²) in [7, 11) is 0. The van der Waals surface area contributed by atoms with Crippen LogP contribution in [-0.2, 0) is 9.59 Å². The van der Waals surface area contributed by atoms with E-state index in [1.807, 2.05) is 0 Å². The molecule has 0 radical (unpaired) electrons. The molecule has 4 nitrogen and oxygen atoms in total. The number of thiol groups is 1. The van der Waals surface area contributed by atoms with Crippen LogP contribution < -0.4 is 0 Å². The Balaban J connectivity index is 3.72. The normalized spacial score (nSPS) is 9.00. The molecule has 0 rings (SSSR count). The second-order valence-corrected chi connectivity index (χ2v) is 2.18. The maximum atomic E-state index is 10.6. The minimum absolute atomic E-state index is 0.275. The van der Waals surface area contributed by atoms with Gasteiger partial charge in [0.25, 0.3) is 0 Å². The largest absolute Gasteiger partial charge is 0.480 e. The highest BCUT2D eigenvalue weighted by Crippen LogP contribution is 1.96. The Kier molecular flexibility index (Phi) is 3.87. The lowest BCUT2D eigenvalue weighted by atomic mass is 10.4. The maximum absolute atomic E-state index is 10.6. The number of carbonyl (C=O) groups is 2. The molecule has 58 valence electrons. The second-order valence-electron chi connectivity index (χ2n) is 1.70. The van der Waals surface area contributed by atoms with E-state index in [-0.39, 0.29) is 18.9 Å². The second kappa shape index (κ2) is 4.16. The number of hydrogen-bond donors (Lipinski definition) is 2. The maximum Gasteiger partial charge on any atom is 0.324 e. The van der Waals surface area contributed by atoms with E-state index in [1.165, 1.54) is 0 Å². The molecule has 0 fully saturated rings. The van der Waals surface area contributed by atoms with Crippen molar-refractivity contribution in [2.75, 3.05) is 6.54 Å². The molecule has 1 N–H and O–H groups in total. The number of carboxylic acid groups (broad SMARTS) is 1. The molecule has 0 saturated heterocycles. The Labute approximate surface area is 64.4 Å². The molecule has 5 heteroatoms. The molecule has 0 aromatic carbocycles. The summed E-state index contributed by atoms with van der Waals surface area (Å²) in [6.45, 7) is 1.29. The molecule has 0 saturated carbocycles. The van der Waals surface area contributed by atoms with Crippen molar-refractivity contribution < 1.29 is 14.7 Å². The molecule has 1 amide bonds. The highest BCUT2D eigenvalue weighted by molar-refractivity contribution is 7.78. The van der Waals surface area contributed by atoms with Crippen LogP contribution in [0.3, 0.4) is 0 Å². The van der Waals surface area contributed by atoms with Crippen molar-refractivity contribution in [3.63, 3.8) is 0 Å². The van der Waals surface area contributed by atoms with E-state index in [0.29, 0.717) is 0 Å². The van der Waals surface area contributed by atoms with Crippen molar-refractivity contribution in [3.8, 4) is 0 Å². The van der Waals surface area contributed by atoms with Gasteiger partial charge in [-0.1, -0.05) is 19.7 Å². The first-order chi connectivity index (χ1) is 4.57. The van der Waals surface area contributed by atoms with Crippen LogP contribution in [0.15, 0.2) is 0 Å². The lowest BCUT2D eigenvalue weighted by Gasteiger charge is -2.10. The van der Waals surface area contributed by atoms with E-state index in [9.17, 15) is 9.59 Å². The van der Waals surface area contributed by atoms with Crippen LogP contribution in [0.25, 0.3) is 0 Å². The monoisotopic (exact) mass is 163 g/mol. The molecule has 0 aromatic rings. The number of aliphatic carboxylic acids is 1. The first-order valence-electron chi connectivity index (χ1n) is 2.79. The van der Waals surface area contributed by atoms with Gasteiger partial charge in [0.1, 0.15) is 6.54 Å². The minimum atomic E-state index is -1.06. The average molecular weight is 163 g/mol. The van der Waals surface area contributed by atoms with Gasteiger partial charge in [-0.3, -0.25) is 13.9 Å². The fraction of sp³-hybridized carbons (Fsp3) is 0.600. The summed E-state index contributed by atoms with van der Waals surface area (Å²) < 4.78 is 0.877. The van der Waals surface area contributed by atoms with Gasteiger partial charge in [-0.15, -0.1) is 0 Å². The van der Waals surface area contributed by atoms with Crippen LogP contribution in [0, 0.1) is 0 Å². The highest BCUT2D eigenvalue weighted by Gasteiger charge is 2.09. The minimum Gasteiger partial charge on any atom is -0.480 e. The molecule has 0 atom stereocenters. The average Bonchev–Trinajstić information content (AvgIpc) is 1.85. The lowest BCUT2D eigenvalue weighted by Crippen LogP contribution is -2.26. The Morgan fingerprint density at radius 1 is 1.60 bits per heavy atom. The molecule has 0 aliphatic heterocycles. The summed E-state index contributed by atoms with van der Waals surface area (Å²) in [5.74, 6) is -1.34. The summed E-state index contributed by atoms with van der Waals surface area (Å²) in [5.41, 5.74) is 0. The van der Waals surface area contributed by atoms with Crippen molar-refractivity contribution in [1.29, 1.82) is 0 Å². The van der Waals surface area contributed by atoms with Crippen molar-refractivity contribution in [1.82, 2.24) is 4.31 Å². The number of rotatable bonds is 3. The van der Waals surface area contributed by atoms with E-state index in [1.54, 1.807) is 6.92 Å². The van der Waals surface area contributed by atoms with Gasteiger partial charge < -0.3 is 5.11 Å². The van der Waals surface area contributed by atoms with Gasteiger partial charge in [-0.2, -0.15) is 0 Å². The Hall–Kier alpha value is -0.710. The van der Waals surface area contributed by atoms with Gasteiger partial charge in [0.2, 0.25) is 5.91 Å². The number of carboxylic acids is 1. The third kappa shape index (κ3) is 3.34. The van der Waals surface area contributed by atoms with Gasteiger partial charge >= 0.3 is 5.97 Å². The summed E-state index contributed by atoms with van der Waals surface area (Å²) in [4.78, 5) is 20.6. The highest BCUT2D eigenvalue weighted by atomic mass is 32.1. The van der Waals surface area contributed by atoms with E-state index in [0.717, 1.165) is 4.31 Å². The van der Waals surface area contributed by atoms with Crippen LogP contribution in [0.5, 0.6) is 0 Å². The van der Waals surface area contributed by atoms with Gasteiger partial charge in [0.05, 0.1) is 0 Å². The number of hydrogen-bond acceptors (Lipinski definition) is 3. The molecule has 0 bridgehead atoms. The number of nitrogens with zero attached hydrogens (tertiary/aromatic N) is 1. The van der Waals surface area contributed by atoms with Gasteiger partial charge in [-0.25, -0.2) is 0 Å². The summed E-state index contributed by atoms with van der Waals surface area (Å²) in [5, 5.41) is 8.19. The zero-order chi connectivity index (χ0) is 8.15. The molecular weight excluding hydrogens is 154 g/mol. The van der Waals surface area contributed by atoms with Crippen LogP contribution >= 0.6 is 12.8 Å². The summed E-state index contributed by atoms with van der Waals surface area (Å²) >= 11 is 3.65. The van der Waals surface area contributed by atoms with Crippen LogP contribution in [0.2, 0.25) is 0 Å². The molecule has 0 aliphatic carbocycles. The molecular formula is C5H9NO3S.